The minimum atomic E-state index is 0.762. The lowest BCUT2D eigenvalue weighted by molar-refractivity contribution is 1.34. The number of hydrogen-bond acceptors (Lipinski definition) is 1. The van der Waals surface area contributed by atoms with Crippen molar-refractivity contribution in [2.45, 2.75) is 0 Å². The van der Waals surface area contributed by atoms with Crippen LogP contribution in [0.2, 0.25) is 0 Å². The molecule has 0 unspecified atom stereocenters. The van der Waals surface area contributed by atoms with Gasteiger partial charge in [0.05, 0.1) is 0 Å². The van der Waals surface area contributed by atoms with E-state index in [1.165, 1.54) is 0 Å². The minimum Gasteiger partial charge on any atom is -0.399 e. The Bertz CT molecular complexity index is 764. The van der Waals surface area contributed by atoms with E-state index in [9.17, 15) is 0 Å². The van der Waals surface area contributed by atoms with Gasteiger partial charge in [0.25, 0.3) is 0 Å². The van der Waals surface area contributed by atoms with Gasteiger partial charge in [-0.05, 0) is 36.4 Å². The van der Waals surface area contributed by atoms with E-state index in [4.69, 9.17) is 5.73 Å². The van der Waals surface area contributed by atoms with Crippen LogP contribution >= 0.6 is 0 Å². The van der Waals surface area contributed by atoms with Gasteiger partial charge >= 0.3 is 0 Å². The smallest absolute Gasteiger partial charge is 0.0466 e. The van der Waals surface area contributed by atoms with E-state index >= 15 is 0 Å². The zero-order valence-electron chi connectivity index (χ0n) is 9.33. The summed E-state index contributed by atoms with van der Waals surface area (Å²) in [6.07, 6.45) is 3.97. The average molecular weight is 223 g/mol. The maximum Gasteiger partial charge on any atom is 0.0466 e. The number of anilines is 1. The predicted octanol–water partition coefficient (Wildman–Crippen LogP) is 1.32. The number of benzene rings is 1. The van der Waals surface area contributed by atoms with Crippen molar-refractivity contribution in [1.82, 2.24) is 9.97 Å². The average Bonchev–Trinajstić information content (AvgIpc) is 2.90. The first-order chi connectivity index (χ1) is 8.24. The second-order valence-electron chi connectivity index (χ2n) is 4.09. The topological polar surface area (TPSA) is 57.6 Å². The highest BCUT2D eigenvalue weighted by Gasteiger charge is 2.00. The lowest BCUT2D eigenvalue weighted by atomic mass is 10.2. The maximum atomic E-state index is 5.82. The van der Waals surface area contributed by atoms with Gasteiger partial charge in [0.15, 0.2) is 0 Å². The summed E-state index contributed by atoms with van der Waals surface area (Å²) in [5, 5.41) is 3.08. The van der Waals surface area contributed by atoms with Gasteiger partial charge in [0.1, 0.15) is 0 Å². The maximum absolute atomic E-state index is 5.82. The number of H-pyrrole nitrogens is 2. The van der Waals surface area contributed by atoms with Crippen molar-refractivity contribution in [1.29, 1.82) is 0 Å². The molecule has 0 spiro atoms. The molecule has 3 nitrogen and oxygen atoms in total. The summed E-state index contributed by atoms with van der Waals surface area (Å²) in [4.78, 5) is 6.41. The van der Waals surface area contributed by atoms with Crippen LogP contribution in [0.1, 0.15) is 5.69 Å². The molecule has 0 saturated carbocycles. The van der Waals surface area contributed by atoms with Crippen LogP contribution in [0.4, 0.5) is 5.69 Å². The molecule has 0 saturated heterocycles. The Hall–Kier alpha value is -2.42. The predicted molar refractivity (Wildman–Crippen MR) is 71.8 cm³/mol. The molecule has 0 aliphatic rings. The van der Waals surface area contributed by atoms with Gasteiger partial charge in [-0.25, -0.2) is 0 Å². The standard InChI is InChI=1S/C14H13N3/c1-9-12(8-11-3-2-6-16-11)13-7-10(15)4-5-14(13)17-9/h2-8,16-17H,1,15H2/b12-8+. The Kier molecular flexibility index (Phi) is 2.05. The quantitative estimate of drug-likeness (QED) is 0.535. The number of aromatic nitrogens is 2. The lowest BCUT2D eigenvalue weighted by Crippen LogP contribution is -2.20. The highest BCUT2D eigenvalue weighted by Crippen LogP contribution is 2.10. The van der Waals surface area contributed by atoms with Crippen LogP contribution in [0.3, 0.4) is 0 Å². The number of rotatable bonds is 1. The molecule has 0 aliphatic heterocycles. The monoisotopic (exact) mass is 223 g/mol. The first kappa shape index (κ1) is 9.78. The van der Waals surface area contributed by atoms with E-state index in [1.54, 1.807) is 0 Å². The SMILES string of the molecule is C=c1[nH]c2ccc(N)cc2/c1=C/c1ccc[nH]1. The Morgan fingerprint density at radius 1 is 1.24 bits per heavy atom. The zero-order chi connectivity index (χ0) is 11.8. The van der Waals surface area contributed by atoms with Crippen molar-refractivity contribution >= 4 is 29.2 Å². The van der Waals surface area contributed by atoms with E-state index in [0.29, 0.717) is 0 Å². The number of nitrogens with one attached hydrogen (secondary N) is 2. The fourth-order valence-electron chi connectivity index (χ4n) is 2.04. The van der Waals surface area contributed by atoms with Crippen molar-refractivity contribution < 1.29 is 0 Å². The molecular formula is C14H13N3. The van der Waals surface area contributed by atoms with Gasteiger partial charge in [-0.2, -0.15) is 0 Å². The van der Waals surface area contributed by atoms with Crippen LogP contribution in [0.5, 0.6) is 0 Å². The molecule has 2 heterocycles. The molecule has 0 fully saturated rings. The van der Waals surface area contributed by atoms with Crippen LogP contribution < -0.4 is 16.3 Å². The highest BCUT2D eigenvalue weighted by molar-refractivity contribution is 5.84. The van der Waals surface area contributed by atoms with Crippen LogP contribution in [-0.2, 0) is 0 Å². The summed E-state index contributed by atoms with van der Waals surface area (Å²) in [6, 6.07) is 9.82. The number of fused-ring (bicyclic) bond motifs is 1. The largest absolute Gasteiger partial charge is 0.399 e. The van der Waals surface area contributed by atoms with Crippen molar-refractivity contribution in [3.63, 3.8) is 0 Å². The van der Waals surface area contributed by atoms with E-state index in [0.717, 1.165) is 32.9 Å². The Labute approximate surface area is 98.3 Å². The minimum absolute atomic E-state index is 0.762. The highest BCUT2D eigenvalue weighted by atomic mass is 14.7. The Morgan fingerprint density at radius 2 is 2.12 bits per heavy atom. The molecule has 3 rings (SSSR count). The molecule has 3 heteroatoms. The van der Waals surface area contributed by atoms with Crippen molar-refractivity contribution in [2.75, 3.05) is 5.73 Å². The summed E-state index contributed by atoms with van der Waals surface area (Å²) in [5.41, 5.74) is 8.69. The van der Waals surface area contributed by atoms with Crippen LogP contribution in [0, 0.1) is 0 Å². The molecule has 3 aromatic rings. The van der Waals surface area contributed by atoms with Gasteiger partial charge in [-0.3, -0.25) is 0 Å². The van der Waals surface area contributed by atoms with E-state index in [-0.39, 0.29) is 0 Å². The molecule has 0 bridgehead atoms. The molecule has 17 heavy (non-hydrogen) atoms. The molecular weight excluding hydrogens is 210 g/mol. The molecule has 4 N–H and O–H groups in total. The molecule has 2 aromatic heterocycles. The molecule has 1 aromatic carbocycles. The van der Waals surface area contributed by atoms with Gasteiger partial charge in [-0.15, -0.1) is 0 Å². The van der Waals surface area contributed by atoms with Gasteiger partial charge in [-0.1, -0.05) is 6.58 Å². The first-order valence-corrected chi connectivity index (χ1v) is 5.45. The fourth-order valence-corrected chi connectivity index (χ4v) is 2.04. The van der Waals surface area contributed by atoms with E-state index < -0.39 is 0 Å². The summed E-state index contributed by atoms with van der Waals surface area (Å²) >= 11 is 0. The second kappa shape index (κ2) is 3.56. The normalized spacial score (nSPS) is 12.4. The first-order valence-electron chi connectivity index (χ1n) is 5.45. The molecule has 0 aliphatic carbocycles. The van der Waals surface area contributed by atoms with Crippen molar-refractivity contribution in [3.8, 4) is 0 Å². The molecule has 0 radical (unpaired) electrons. The third-order valence-electron chi connectivity index (χ3n) is 2.87. The second-order valence-corrected chi connectivity index (χ2v) is 4.09. The Balaban J connectivity index is 2.39. The van der Waals surface area contributed by atoms with Crippen molar-refractivity contribution in [3.05, 3.63) is 52.8 Å². The summed E-state index contributed by atoms with van der Waals surface area (Å²) in [5.74, 6) is 0. The number of nitrogen functional groups attached to an aromatic ring is 1. The number of aromatic amines is 2. The van der Waals surface area contributed by atoms with E-state index in [2.05, 4.69) is 22.6 Å². The summed E-state index contributed by atoms with van der Waals surface area (Å²) < 4.78 is 0. The number of hydrogen-bond donors (Lipinski definition) is 3. The summed E-state index contributed by atoms with van der Waals surface area (Å²) in [7, 11) is 0. The van der Waals surface area contributed by atoms with Crippen LogP contribution in [0.25, 0.3) is 23.6 Å². The number of nitrogens with two attached hydrogens (primary N) is 1. The Morgan fingerprint density at radius 3 is 2.88 bits per heavy atom. The third-order valence-corrected chi connectivity index (χ3v) is 2.87. The van der Waals surface area contributed by atoms with Gasteiger partial charge < -0.3 is 15.7 Å². The summed E-state index contributed by atoms with van der Waals surface area (Å²) in [6.45, 7) is 4.03. The van der Waals surface area contributed by atoms with Gasteiger partial charge in [0.2, 0.25) is 0 Å². The molecule has 84 valence electrons. The van der Waals surface area contributed by atoms with Crippen molar-refractivity contribution in [2.24, 2.45) is 0 Å². The van der Waals surface area contributed by atoms with Gasteiger partial charge in [0, 0.05) is 39.0 Å². The lowest BCUT2D eigenvalue weighted by Gasteiger charge is -1.92. The van der Waals surface area contributed by atoms with Crippen LogP contribution in [0.15, 0.2) is 36.5 Å². The molecule has 0 atom stereocenters. The van der Waals surface area contributed by atoms with Crippen LogP contribution in [-0.4, -0.2) is 9.97 Å². The fraction of sp³-hybridized carbons (Fsp3) is 0. The van der Waals surface area contributed by atoms with E-state index in [1.807, 2.05) is 36.5 Å². The third kappa shape index (κ3) is 1.61. The zero-order valence-corrected chi connectivity index (χ0v) is 9.33. The molecule has 0 amide bonds.